The highest BCUT2D eigenvalue weighted by Gasteiger charge is 2.25. The summed E-state index contributed by atoms with van der Waals surface area (Å²) < 4.78 is 5.57. The summed E-state index contributed by atoms with van der Waals surface area (Å²) in [6, 6.07) is 0. The Labute approximate surface area is 134 Å². The molecule has 6 heteroatoms. The van der Waals surface area contributed by atoms with Crippen LogP contribution in [-0.4, -0.2) is 74.1 Å². The van der Waals surface area contributed by atoms with E-state index in [1.165, 1.54) is 0 Å². The van der Waals surface area contributed by atoms with E-state index in [9.17, 15) is 4.79 Å². The number of hydrogen-bond donors (Lipinski definition) is 1. The van der Waals surface area contributed by atoms with Crippen LogP contribution < -0.4 is 5.32 Å². The molecule has 1 aliphatic rings. The van der Waals surface area contributed by atoms with Crippen molar-refractivity contribution < 1.29 is 9.53 Å². The van der Waals surface area contributed by atoms with Gasteiger partial charge in [0.05, 0.1) is 12.6 Å². The minimum absolute atomic E-state index is 0.0584. The zero-order valence-electron chi connectivity index (χ0n) is 15.0. The normalized spacial score (nSPS) is 18.4. The average molecular weight is 312 g/mol. The number of nitrogens with one attached hydrogen (secondary N) is 1. The fourth-order valence-corrected chi connectivity index (χ4v) is 2.53. The molecule has 0 aromatic heterocycles. The molecule has 1 N–H and O–H groups in total. The summed E-state index contributed by atoms with van der Waals surface area (Å²) in [6.45, 7) is 14.8. The SMILES string of the molecule is CCNC(=NCC(OC)C(C)(C)C)N1CCN(C(C)=O)CC1. The molecule has 1 aliphatic heterocycles. The topological polar surface area (TPSA) is 57.2 Å². The van der Waals surface area contributed by atoms with E-state index in [4.69, 9.17) is 9.73 Å². The number of carbonyl (C=O) groups excluding carboxylic acids is 1. The van der Waals surface area contributed by atoms with E-state index < -0.39 is 0 Å². The van der Waals surface area contributed by atoms with Gasteiger partial charge in [-0.1, -0.05) is 20.8 Å². The van der Waals surface area contributed by atoms with Gasteiger partial charge in [0.2, 0.25) is 5.91 Å². The Morgan fingerprint density at radius 1 is 1.23 bits per heavy atom. The maximum absolute atomic E-state index is 11.4. The minimum Gasteiger partial charge on any atom is -0.379 e. The highest BCUT2D eigenvalue weighted by molar-refractivity contribution is 5.80. The number of guanidine groups is 1. The molecule has 0 aromatic rings. The van der Waals surface area contributed by atoms with Crippen molar-refractivity contribution >= 4 is 11.9 Å². The van der Waals surface area contributed by atoms with Gasteiger partial charge in [0.1, 0.15) is 0 Å². The summed E-state index contributed by atoms with van der Waals surface area (Å²) in [5, 5.41) is 3.34. The third kappa shape index (κ3) is 5.48. The largest absolute Gasteiger partial charge is 0.379 e. The van der Waals surface area contributed by atoms with Crippen LogP contribution in [0.5, 0.6) is 0 Å². The quantitative estimate of drug-likeness (QED) is 0.625. The van der Waals surface area contributed by atoms with Gasteiger partial charge in [-0.15, -0.1) is 0 Å². The molecule has 0 aromatic carbocycles. The molecule has 0 bridgehead atoms. The molecule has 128 valence electrons. The molecule has 0 saturated carbocycles. The van der Waals surface area contributed by atoms with Crippen LogP contribution in [0.4, 0.5) is 0 Å². The third-order valence-corrected chi connectivity index (χ3v) is 4.02. The zero-order chi connectivity index (χ0) is 16.8. The number of ether oxygens (including phenoxy) is 1. The summed E-state index contributed by atoms with van der Waals surface area (Å²) in [6.07, 6.45) is 0.0830. The molecule has 1 heterocycles. The van der Waals surface area contributed by atoms with Gasteiger partial charge in [-0.25, -0.2) is 0 Å². The van der Waals surface area contributed by atoms with E-state index in [1.54, 1.807) is 14.0 Å². The van der Waals surface area contributed by atoms with Crippen molar-refractivity contribution in [3.63, 3.8) is 0 Å². The van der Waals surface area contributed by atoms with Crippen LogP contribution in [0, 0.1) is 5.41 Å². The maximum atomic E-state index is 11.4. The van der Waals surface area contributed by atoms with Crippen molar-refractivity contribution in [1.29, 1.82) is 0 Å². The van der Waals surface area contributed by atoms with Crippen LogP contribution in [0.1, 0.15) is 34.6 Å². The Bertz CT molecular complexity index is 382. The van der Waals surface area contributed by atoms with Crippen molar-refractivity contribution in [2.75, 3.05) is 46.4 Å². The summed E-state index contributed by atoms with van der Waals surface area (Å²) in [7, 11) is 1.74. The Morgan fingerprint density at radius 3 is 2.18 bits per heavy atom. The fourth-order valence-electron chi connectivity index (χ4n) is 2.53. The second-order valence-electron chi connectivity index (χ2n) is 6.78. The van der Waals surface area contributed by atoms with Crippen LogP contribution in [0.2, 0.25) is 0 Å². The highest BCUT2D eigenvalue weighted by Crippen LogP contribution is 2.22. The fraction of sp³-hybridized carbons (Fsp3) is 0.875. The van der Waals surface area contributed by atoms with E-state index in [0.29, 0.717) is 6.54 Å². The van der Waals surface area contributed by atoms with Gasteiger partial charge in [0.15, 0.2) is 5.96 Å². The first-order valence-electron chi connectivity index (χ1n) is 8.11. The van der Waals surface area contributed by atoms with Crippen LogP contribution >= 0.6 is 0 Å². The molecule has 0 spiro atoms. The van der Waals surface area contributed by atoms with Crippen LogP contribution in [0.15, 0.2) is 4.99 Å². The minimum atomic E-state index is 0.0584. The predicted molar refractivity (Wildman–Crippen MR) is 90.1 cm³/mol. The van der Waals surface area contributed by atoms with Crippen molar-refractivity contribution in [1.82, 2.24) is 15.1 Å². The van der Waals surface area contributed by atoms with E-state index in [0.717, 1.165) is 38.7 Å². The molecule has 1 saturated heterocycles. The Hall–Kier alpha value is -1.30. The van der Waals surface area contributed by atoms with Crippen molar-refractivity contribution in [2.24, 2.45) is 10.4 Å². The summed E-state index contributed by atoms with van der Waals surface area (Å²) in [4.78, 5) is 20.3. The van der Waals surface area contributed by atoms with E-state index in [1.807, 2.05) is 4.90 Å². The Kier molecular flexibility index (Phi) is 7.13. The lowest BCUT2D eigenvalue weighted by molar-refractivity contribution is -0.130. The third-order valence-electron chi connectivity index (χ3n) is 4.02. The van der Waals surface area contributed by atoms with Crippen molar-refractivity contribution in [2.45, 2.75) is 40.7 Å². The van der Waals surface area contributed by atoms with E-state index in [-0.39, 0.29) is 17.4 Å². The predicted octanol–water partition coefficient (Wildman–Crippen LogP) is 1.18. The van der Waals surface area contributed by atoms with Crippen molar-refractivity contribution in [3.8, 4) is 0 Å². The number of methoxy groups -OCH3 is 1. The van der Waals surface area contributed by atoms with Crippen LogP contribution in [0.3, 0.4) is 0 Å². The summed E-state index contributed by atoms with van der Waals surface area (Å²) in [5.41, 5.74) is 0.0584. The van der Waals surface area contributed by atoms with Gasteiger partial charge in [0, 0.05) is 46.8 Å². The molecule has 0 radical (unpaired) electrons. The maximum Gasteiger partial charge on any atom is 0.219 e. The molecule has 6 nitrogen and oxygen atoms in total. The second kappa shape index (κ2) is 8.36. The number of nitrogens with zero attached hydrogens (tertiary/aromatic N) is 3. The Balaban J connectivity index is 2.69. The molecule has 22 heavy (non-hydrogen) atoms. The monoisotopic (exact) mass is 312 g/mol. The first-order chi connectivity index (χ1) is 10.3. The molecule has 1 rings (SSSR count). The number of amides is 1. The molecule has 1 atom stereocenters. The molecule has 1 fully saturated rings. The van der Waals surface area contributed by atoms with Crippen LogP contribution in [-0.2, 0) is 9.53 Å². The molecule has 1 amide bonds. The van der Waals surface area contributed by atoms with Gasteiger partial charge in [-0.2, -0.15) is 0 Å². The van der Waals surface area contributed by atoms with Gasteiger partial charge in [-0.05, 0) is 12.3 Å². The number of aliphatic imine (C=N–C) groups is 1. The smallest absolute Gasteiger partial charge is 0.219 e. The van der Waals surface area contributed by atoms with Crippen LogP contribution in [0.25, 0.3) is 0 Å². The first kappa shape index (κ1) is 18.7. The Morgan fingerprint density at radius 2 is 1.77 bits per heavy atom. The van der Waals surface area contributed by atoms with Gasteiger partial charge < -0.3 is 19.9 Å². The highest BCUT2D eigenvalue weighted by atomic mass is 16.5. The number of piperazine rings is 1. The lowest BCUT2D eigenvalue weighted by Gasteiger charge is -2.36. The van der Waals surface area contributed by atoms with Crippen molar-refractivity contribution in [3.05, 3.63) is 0 Å². The first-order valence-corrected chi connectivity index (χ1v) is 8.11. The summed E-state index contributed by atoms with van der Waals surface area (Å²) >= 11 is 0. The van der Waals surface area contributed by atoms with E-state index >= 15 is 0 Å². The lowest BCUT2D eigenvalue weighted by Crippen LogP contribution is -2.53. The van der Waals surface area contributed by atoms with E-state index in [2.05, 4.69) is 37.9 Å². The summed E-state index contributed by atoms with van der Waals surface area (Å²) in [5.74, 6) is 1.06. The van der Waals surface area contributed by atoms with Gasteiger partial charge in [0.25, 0.3) is 0 Å². The molecule has 0 aliphatic carbocycles. The molecular weight excluding hydrogens is 280 g/mol. The number of rotatable bonds is 4. The molecular formula is C16H32N4O2. The molecule has 1 unspecified atom stereocenters. The standard InChI is InChI=1S/C16H32N4O2/c1-7-17-15(18-12-14(22-6)16(3,4)5)20-10-8-19(9-11-20)13(2)21/h14H,7-12H2,1-6H3,(H,17,18). The lowest BCUT2D eigenvalue weighted by atomic mass is 9.89. The average Bonchev–Trinajstić information content (AvgIpc) is 2.45. The van der Waals surface area contributed by atoms with Gasteiger partial charge in [-0.3, -0.25) is 9.79 Å². The van der Waals surface area contributed by atoms with Gasteiger partial charge >= 0.3 is 0 Å². The second-order valence-corrected chi connectivity index (χ2v) is 6.78. The number of hydrogen-bond acceptors (Lipinski definition) is 3. The zero-order valence-corrected chi connectivity index (χ0v) is 15.0. The number of carbonyl (C=O) groups is 1.